The third-order valence-corrected chi connectivity index (χ3v) is 3.41. The molecule has 0 heterocycles. The second-order valence-corrected chi connectivity index (χ2v) is 5.55. The minimum absolute atomic E-state index is 0. The number of nitrogens with two attached hydrogens (primary N) is 1. The van der Waals surface area contributed by atoms with E-state index < -0.39 is 0 Å². The first kappa shape index (κ1) is 18.0. The van der Waals surface area contributed by atoms with Gasteiger partial charge >= 0.3 is 0 Å². The lowest BCUT2D eigenvalue weighted by Crippen LogP contribution is -2.33. The summed E-state index contributed by atoms with van der Waals surface area (Å²) in [5, 5.41) is 3.17. The van der Waals surface area contributed by atoms with E-state index in [-0.39, 0.29) is 24.0 Å². The fourth-order valence-corrected chi connectivity index (χ4v) is 1.78. The molecule has 1 aliphatic carbocycles. The van der Waals surface area contributed by atoms with E-state index in [1.165, 1.54) is 12.8 Å². The number of ether oxygens (including phenoxy) is 1. The zero-order valence-corrected chi connectivity index (χ0v) is 14.2. The molecule has 0 amide bonds. The van der Waals surface area contributed by atoms with Crippen LogP contribution in [-0.2, 0) is 4.74 Å². The van der Waals surface area contributed by atoms with E-state index >= 15 is 0 Å². The van der Waals surface area contributed by atoms with Crippen LogP contribution in [0.5, 0.6) is 0 Å². The summed E-state index contributed by atoms with van der Waals surface area (Å²) < 4.78 is 5.12. The van der Waals surface area contributed by atoms with Crippen molar-refractivity contribution in [3.8, 4) is 0 Å². The van der Waals surface area contributed by atoms with E-state index in [2.05, 4.69) is 24.2 Å². The van der Waals surface area contributed by atoms with Gasteiger partial charge < -0.3 is 15.8 Å². The zero-order chi connectivity index (χ0) is 12.7. The van der Waals surface area contributed by atoms with Crippen LogP contribution in [-0.4, -0.2) is 32.8 Å². The third kappa shape index (κ3) is 7.41. The molecule has 0 aromatic heterocycles. The minimum Gasteiger partial charge on any atom is -0.385 e. The van der Waals surface area contributed by atoms with E-state index in [1.807, 2.05) is 0 Å². The van der Waals surface area contributed by atoms with Gasteiger partial charge in [-0.1, -0.05) is 13.8 Å². The molecule has 3 N–H and O–H groups in total. The lowest BCUT2D eigenvalue weighted by molar-refractivity contribution is 0.174. The SMILES string of the molecule is COCCC1(CN=C(N)NCCC(C)C)CC1.I. The smallest absolute Gasteiger partial charge is 0.188 e. The monoisotopic (exact) mass is 369 g/mol. The second kappa shape index (κ2) is 8.96. The van der Waals surface area contributed by atoms with Crippen LogP contribution >= 0.6 is 24.0 Å². The predicted octanol–water partition coefficient (Wildman–Crippen LogP) is 2.37. The highest BCUT2D eigenvalue weighted by Crippen LogP contribution is 2.48. The van der Waals surface area contributed by atoms with Crippen molar-refractivity contribution in [1.29, 1.82) is 0 Å². The Kier molecular flexibility index (Phi) is 8.94. The highest BCUT2D eigenvalue weighted by Gasteiger charge is 2.41. The Morgan fingerprint density at radius 3 is 2.61 bits per heavy atom. The first-order chi connectivity index (χ1) is 8.08. The maximum absolute atomic E-state index is 5.83. The molecule has 1 aliphatic rings. The maximum Gasteiger partial charge on any atom is 0.188 e. The molecule has 0 saturated heterocycles. The van der Waals surface area contributed by atoms with Crippen molar-refractivity contribution >= 4 is 29.9 Å². The number of hydrogen-bond donors (Lipinski definition) is 2. The second-order valence-electron chi connectivity index (χ2n) is 5.55. The number of halogens is 1. The molecule has 0 aliphatic heterocycles. The standard InChI is InChI=1S/C13H27N3O.HI/c1-11(2)4-8-15-12(14)16-10-13(5-6-13)7-9-17-3;/h11H,4-10H2,1-3H3,(H3,14,15,16);1H. The van der Waals surface area contributed by atoms with Gasteiger partial charge in [0.25, 0.3) is 0 Å². The fraction of sp³-hybridized carbons (Fsp3) is 0.923. The van der Waals surface area contributed by atoms with Crippen molar-refractivity contribution in [1.82, 2.24) is 5.32 Å². The van der Waals surface area contributed by atoms with Gasteiger partial charge in [-0.2, -0.15) is 0 Å². The molecule has 1 fully saturated rings. The molecular weight excluding hydrogens is 341 g/mol. The summed E-state index contributed by atoms with van der Waals surface area (Å²) in [6.45, 7) is 7.00. The molecule has 0 unspecified atom stereocenters. The van der Waals surface area contributed by atoms with Gasteiger partial charge in [-0.15, -0.1) is 24.0 Å². The molecule has 0 radical (unpaired) electrons. The largest absolute Gasteiger partial charge is 0.385 e. The van der Waals surface area contributed by atoms with Gasteiger partial charge in [0.1, 0.15) is 0 Å². The molecule has 0 bridgehead atoms. The Hall–Kier alpha value is -0.0400. The minimum atomic E-state index is 0. The Labute approximate surface area is 128 Å². The molecule has 0 aromatic rings. The van der Waals surface area contributed by atoms with Gasteiger partial charge in [0.05, 0.1) is 0 Å². The van der Waals surface area contributed by atoms with Crippen molar-refractivity contribution in [2.75, 3.05) is 26.8 Å². The molecule has 0 spiro atoms. The number of guanidine groups is 1. The van der Waals surface area contributed by atoms with Gasteiger partial charge in [-0.25, -0.2) is 0 Å². The normalized spacial score (nSPS) is 17.4. The first-order valence-electron chi connectivity index (χ1n) is 6.61. The van der Waals surface area contributed by atoms with Gasteiger partial charge in [0, 0.05) is 26.8 Å². The molecule has 0 aromatic carbocycles. The summed E-state index contributed by atoms with van der Waals surface area (Å²) in [7, 11) is 1.75. The van der Waals surface area contributed by atoms with E-state index in [0.29, 0.717) is 17.3 Å². The molecular formula is C13H28IN3O. The van der Waals surface area contributed by atoms with E-state index in [9.17, 15) is 0 Å². The van der Waals surface area contributed by atoms with Crippen LogP contribution in [0.25, 0.3) is 0 Å². The third-order valence-electron chi connectivity index (χ3n) is 3.41. The van der Waals surface area contributed by atoms with Crippen molar-refractivity contribution in [3.63, 3.8) is 0 Å². The Bertz CT molecular complexity index is 253. The first-order valence-corrected chi connectivity index (χ1v) is 6.61. The fourth-order valence-electron chi connectivity index (χ4n) is 1.78. The van der Waals surface area contributed by atoms with Crippen LogP contribution in [0.2, 0.25) is 0 Å². The number of nitrogens with one attached hydrogen (secondary N) is 1. The highest BCUT2D eigenvalue weighted by molar-refractivity contribution is 14.0. The average molecular weight is 369 g/mol. The molecule has 1 rings (SSSR count). The van der Waals surface area contributed by atoms with E-state index in [0.717, 1.165) is 32.5 Å². The molecule has 18 heavy (non-hydrogen) atoms. The highest BCUT2D eigenvalue weighted by atomic mass is 127. The summed E-state index contributed by atoms with van der Waals surface area (Å²) >= 11 is 0. The molecule has 4 nitrogen and oxygen atoms in total. The number of methoxy groups -OCH3 is 1. The lowest BCUT2D eigenvalue weighted by atomic mass is 10.0. The van der Waals surface area contributed by atoms with Crippen LogP contribution in [0.4, 0.5) is 0 Å². The maximum atomic E-state index is 5.83. The van der Waals surface area contributed by atoms with Crippen LogP contribution in [0.3, 0.4) is 0 Å². The topological polar surface area (TPSA) is 59.6 Å². The Balaban J connectivity index is 0.00000289. The van der Waals surface area contributed by atoms with Crippen molar-refractivity contribution < 1.29 is 4.74 Å². The summed E-state index contributed by atoms with van der Waals surface area (Å²) in [5.41, 5.74) is 6.22. The van der Waals surface area contributed by atoms with Gasteiger partial charge in [-0.3, -0.25) is 4.99 Å². The van der Waals surface area contributed by atoms with E-state index in [4.69, 9.17) is 10.5 Å². The molecule has 108 valence electrons. The van der Waals surface area contributed by atoms with Gasteiger partial charge in [0.15, 0.2) is 5.96 Å². The number of rotatable bonds is 8. The Morgan fingerprint density at radius 2 is 2.11 bits per heavy atom. The summed E-state index contributed by atoms with van der Waals surface area (Å²) in [6.07, 6.45) is 4.76. The number of hydrogen-bond acceptors (Lipinski definition) is 2. The predicted molar refractivity (Wildman–Crippen MR) is 87.5 cm³/mol. The number of aliphatic imine (C=N–C) groups is 1. The van der Waals surface area contributed by atoms with E-state index in [1.54, 1.807) is 7.11 Å². The molecule has 5 heteroatoms. The van der Waals surface area contributed by atoms with Crippen LogP contribution < -0.4 is 11.1 Å². The summed E-state index contributed by atoms with van der Waals surface area (Å²) in [4.78, 5) is 4.44. The molecule has 0 atom stereocenters. The lowest BCUT2D eigenvalue weighted by Gasteiger charge is -2.12. The van der Waals surface area contributed by atoms with Gasteiger partial charge in [0.2, 0.25) is 0 Å². The average Bonchev–Trinajstić information content (AvgIpc) is 3.04. The summed E-state index contributed by atoms with van der Waals surface area (Å²) in [5.74, 6) is 1.29. The number of nitrogens with zero attached hydrogens (tertiary/aromatic N) is 1. The van der Waals surface area contributed by atoms with Crippen LogP contribution in [0.15, 0.2) is 4.99 Å². The summed E-state index contributed by atoms with van der Waals surface area (Å²) in [6, 6.07) is 0. The van der Waals surface area contributed by atoms with Crippen molar-refractivity contribution in [2.24, 2.45) is 22.1 Å². The van der Waals surface area contributed by atoms with Crippen molar-refractivity contribution in [2.45, 2.75) is 39.5 Å². The van der Waals surface area contributed by atoms with Crippen LogP contribution in [0.1, 0.15) is 39.5 Å². The molecule has 1 saturated carbocycles. The van der Waals surface area contributed by atoms with Crippen LogP contribution in [0, 0.1) is 11.3 Å². The quantitative estimate of drug-likeness (QED) is 0.392. The van der Waals surface area contributed by atoms with Gasteiger partial charge in [-0.05, 0) is 37.0 Å². The zero-order valence-electron chi connectivity index (χ0n) is 11.9. The Morgan fingerprint density at radius 1 is 1.44 bits per heavy atom. The van der Waals surface area contributed by atoms with Crippen molar-refractivity contribution in [3.05, 3.63) is 0 Å².